The molecule has 1 unspecified atom stereocenters. The van der Waals surface area contributed by atoms with Crippen molar-refractivity contribution in [3.8, 4) is 17.5 Å². The molecule has 186 valence electrons. The van der Waals surface area contributed by atoms with E-state index < -0.39 is 17.6 Å². The van der Waals surface area contributed by atoms with Crippen LogP contribution in [-0.2, 0) is 6.18 Å². The third kappa shape index (κ3) is 5.22. The Labute approximate surface area is 214 Å². The van der Waals surface area contributed by atoms with Crippen molar-refractivity contribution < 1.29 is 18.0 Å². The number of imidazole rings is 1. The van der Waals surface area contributed by atoms with E-state index in [9.17, 15) is 18.0 Å². The van der Waals surface area contributed by atoms with Gasteiger partial charge in [0.05, 0.1) is 22.6 Å². The van der Waals surface area contributed by atoms with Crippen molar-refractivity contribution in [1.82, 2.24) is 19.9 Å². The number of hydrogen-bond acceptors (Lipinski definition) is 5. The van der Waals surface area contributed by atoms with Crippen LogP contribution < -0.4 is 10.6 Å². The van der Waals surface area contributed by atoms with Crippen LogP contribution in [0.25, 0.3) is 5.69 Å². The number of rotatable bonds is 3. The lowest BCUT2D eigenvalue weighted by Gasteiger charge is -2.21. The summed E-state index contributed by atoms with van der Waals surface area (Å²) in [5.74, 6) is 5.31. The standard InChI is InChI=1S/C26H18ClF3N6O/c1-16-14-35(15-32-16)22-11-19(26(28,29)30)10-20(12-22)34-25(37)18-5-7-23(27)17(9-18)4-6-21-13-31-24-3-2-8-33-36(21)24/h2-3,5,7-15,24,31H,1H3,(H,34,37). The van der Waals surface area contributed by atoms with Crippen LogP contribution in [0.4, 0.5) is 18.9 Å². The summed E-state index contributed by atoms with van der Waals surface area (Å²) in [5, 5.41) is 12.0. The molecule has 0 radical (unpaired) electrons. The lowest BCUT2D eigenvalue weighted by Crippen LogP contribution is -2.32. The number of aromatic nitrogens is 2. The molecule has 3 heterocycles. The molecule has 37 heavy (non-hydrogen) atoms. The van der Waals surface area contributed by atoms with Gasteiger partial charge in [0.25, 0.3) is 5.91 Å². The van der Waals surface area contributed by atoms with Gasteiger partial charge in [-0.25, -0.2) is 9.99 Å². The number of allylic oxidation sites excluding steroid dienone is 2. The highest BCUT2D eigenvalue weighted by Crippen LogP contribution is 2.33. The molecule has 1 amide bonds. The number of benzene rings is 2. The van der Waals surface area contributed by atoms with E-state index >= 15 is 0 Å². The monoisotopic (exact) mass is 522 g/mol. The predicted octanol–water partition coefficient (Wildman–Crippen LogP) is 5.09. The van der Waals surface area contributed by atoms with E-state index in [0.29, 0.717) is 22.0 Å². The van der Waals surface area contributed by atoms with Crippen LogP contribution in [0.1, 0.15) is 27.2 Å². The van der Waals surface area contributed by atoms with Crippen molar-refractivity contribution in [2.75, 3.05) is 5.32 Å². The summed E-state index contributed by atoms with van der Waals surface area (Å²) in [6, 6.07) is 7.78. The molecule has 7 nitrogen and oxygen atoms in total. The maximum Gasteiger partial charge on any atom is 0.416 e. The Morgan fingerprint density at radius 2 is 2.03 bits per heavy atom. The normalized spacial score (nSPS) is 16.0. The van der Waals surface area contributed by atoms with Crippen molar-refractivity contribution in [3.63, 3.8) is 0 Å². The molecule has 2 aromatic carbocycles. The van der Waals surface area contributed by atoms with Crippen molar-refractivity contribution in [2.24, 2.45) is 5.10 Å². The number of amides is 1. The van der Waals surface area contributed by atoms with Crippen LogP contribution in [0, 0.1) is 18.8 Å². The zero-order valence-corrected chi connectivity index (χ0v) is 20.0. The number of fused-ring (bicyclic) bond motifs is 1. The highest BCUT2D eigenvalue weighted by molar-refractivity contribution is 6.32. The van der Waals surface area contributed by atoms with E-state index in [1.54, 1.807) is 30.5 Å². The number of hydrogen-bond donors (Lipinski definition) is 2. The second kappa shape index (κ2) is 9.52. The second-order valence-corrected chi connectivity index (χ2v) is 8.63. The Hall–Kier alpha value is -4.49. The molecule has 2 aliphatic rings. The molecule has 1 atom stereocenters. The largest absolute Gasteiger partial charge is 0.416 e. The molecule has 2 aliphatic heterocycles. The number of carbonyl (C=O) groups is 1. The van der Waals surface area contributed by atoms with Gasteiger partial charge in [0, 0.05) is 41.1 Å². The average Bonchev–Trinajstić information content (AvgIpc) is 3.49. The first-order valence-corrected chi connectivity index (χ1v) is 11.4. The fraction of sp³-hybridized carbons (Fsp3) is 0.115. The molecule has 0 aliphatic carbocycles. The van der Waals surface area contributed by atoms with Gasteiger partial charge < -0.3 is 15.2 Å². The van der Waals surface area contributed by atoms with Crippen LogP contribution in [0.2, 0.25) is 5.02 Å². The number of nitrogens with one attached hydrogen (secondary N) is 2. The number of carbonyl (C=O) groups excluding carboxylic acids is 1. The molecule has 0 spiro atoms. The Balaban J connectivity index is 1.40. The van der Waals surface area contributed by atoms with Gasteiger partial charge in [-0.1, -0.05) is 17.5 Å². The van der Waals surface area contributed by atoms with E-state index in [2.05, 4.69) is 32.6 Å². The summed E-state index contributed by atoms with van der Waals surface area (Å²) < 4.78 is 42.1. The van der Waals surface area contributed by atoms with Crippen LogP contribution in [0.15, 0.2) is 78.1 Å². The number of hydrazone groups is 1. The van der Waals surface area contributed by atoms with Crippen molar-refractivity contribution in [3.05, 3.63) is 100 Å². The highest BCUT2D eigenvalue weighted by Gasteiger charge is 2.31. The third-order valence-corrected chi connectivity index (χ3v) is 5.87. The minimum Gasteiger partial charge on any atom is -0.364 e. The maximum atomic E-state index is 13.6. The molecule has 3 aromatic rings. The van der Waals surface area contributed by atoms with Gasteiger partial charge in [0.15, 0.2) is 0 Å². The van der Waals surface area contributed by atoms with Crippen LogP contribution in [0.5, 0.6) is 0 Å². The molecule has 0 fully saturated rings. The van der Waals surface area contributed by atoms with E-state index in [0.717, 1.165) is 12.1 Å². The molecule has 0 bridgehead atoms. The number of alkyl halides is 3. The average molecular weight is 523 g/mol. The van der Waals surface area contributed by atoms with Crippen LogP contribution >= 0.6 is 11.6 Å². The SMILES string of the molecule is Cc1cn(-c2cc(NC(=O)c3ccc(Cl)c(C#CC4=CNC5C=CC=NN45)c3)cc(C(F)(F)F)c2)cn1. The van der Waals surface area contributed by atoms with E-state index in [-0.39, 0.29) is 23.1 Å². The third-order valence-electron chi connectivity index (χ3n) is 5.54. The van der Waals surface area contributed by atoms with Crippen LogP contribution in [0.3, 0.4) is 0 Å². The predicted molar refractivity (Wildman–Crippen MR) is 134 cm³/mol. The Morgan fingerprint density at radius 1 is 1.19 bits per heavy atom. The minimum absolute atomic E-state index is 0.0204. The molecule has 11 heteroatoms. The molecular formula is C26H18ClF3N6O. The Bertz CT molecular complexity index is 1540. The smallest absolute Gasteiger partial charge is 0.364 e. The zero-order valence-electron chi connectivity index (χ0n) is 19.2. The number of halogens is 4. The van der Waals surface area contributed by atoms with E-state index in [1.165, 1.54) is 35.2 Å². The lowest BCUT2D eigenvalue weighted by atomic mass is 10.1. The van der Waals surface area contributed by atoms with Gasteiger partial charge in [-0.05, 0) is 61.4 Å². The van der Waals surface area contributed by atoms with Gasteiger partial charge in [-0.2, -0.15) is 18.3 Å². The van der Waals surface area contributed by atoms with Crippen molar-refractivity contribution in [2.45, 2.75) is 19.3 Å². The van der Waals surface area contributed by atoms with E-state index in [4.69, 9.17) is 11.6 Å². The zero-order chi connectivity index (χ0) is 26.2. The van der Waals surface area contributed by atoms with Crippen molar-refractivity contribution >= 4 is 29.4 Å². The lowest BCUT2D eigenvalue weighted by molar-refractivity contribution is -0.137. The number of nitrogens with zero attached hydrogens (tertiary/aromatic N) is 4. The minimum atomic E-state index is -4.61. The molecule has 0 saturated heterocycles. The van der Waals surface area contributed by atoms with Gasteiger partial charge in [-0.15, -0.1) is 0 Å². The fourth-order valence-corrected chi connectivity index (χ4v) is 3.90. The summed E-state index contributed by atoms with van der Waals surface area (Å²) in [5.41, 5.74) is 1.11. The number of aryl methyl sites for hydroxylation is 1. The summed E-state index contributed by atoms with van der Waals surface area (Å²) in [6.07, 6.45) is 5.38. The van der Waals surface area contributed by atoms with Gasteiger partial charge in [0.2, 0.25) is 0 Å². The molecule has 5 rings (SSSR count). The molecule has 2 N–H and O–H groups in total. The summed E-state index contributed by atoms with van der Waals surface area (Å²) in [4.78, 5) is 17.0. The molecule has 0 saturated carbocycles. The molecule has 1 aromatic heterocycles. The second-order valence-electron chi connectivity index (χ2n) is 8.22. The highest BCUT2D eigenvalue weighted by atomic mass is 35.5. The van der Waals surface area contributed by atoms with Gasteiger partial charge in [0.1, 0.15) is 11.9 Å². The van der Waals surface area contributed by atoms with Crippen LogP contribution in [-0.4, -0.2) is 32.8 Å². The summed E-state index contributed by atoms with van der Waals surface area (Å²) in [7, 11) is 0. The Kier molecular flexibility index (Phi) is 6.23. The quantitative estimate of drug-likeness (QED) is 0.470. The summed E-state index contributed by atoms with van der Waals surface area (Å²) >= 11 is 6.29. The van der Waals surface area contributed by atoms with Gasteiger partial charge in [-0.3, -0.25) is 4.79 Å². The Morgan fingerprint density at radius 3 is 2.78 bits per heavy atom. The first kappa shape index (κ1) is 24.2. The maximum absolute atomic E-state index is 13.6. The van der Waals surface area contributed by atoms with E-state index in [1.807, 2.05) is 12.2 Å². The fourth-order valence-electron chi connectivity index (χ4n) is 3.74. The number of anilines is 1. The molecular weight excluding hydrogens is 505 g/mol. The van der Waals surface area contributed by atoms with Crippen molar-refractivity contribution in [1.29, 1.82) is 0 Å². The topological polar surface area (TPSA) is 74.6 Å². The first-order chi connectivity index (χ1) is 17.7. The first-order valence-electron chi connectivity index (χ1n) is 11.0. The van der Waals surface area contributed by atoms with Gasteiger partial charge >= 0.3 is 6.18 Å². The summed E-state index contributed by atoms with van der Waals surface area (Å²) in [6.45, 7) is 1.72.